The summed E-state index contributed by atoms with van der Waals surface area (Å²) in [5.74, 6) is 1.19. The Hall–Kier alpha value is -2.74. The van der Waals surface area contributed by atoms with Crippen molar-refractivity contribution >= 4 is 21.6 Å². The third-order valence-electron chi connectivity index (χ3n) is 4.99. The molecule has 2 rings (SSSR count). The summed E-state index contributed by atoms with van der Waals surface area (Å²) in [5.41, 5.74) is 2.42. The third-order valence-corrected chi connectivity index (χ3v) is 6.17. The predicted octanol–water partition coefficient (Wildman–Crippen LogP) is 4.22. The van der Waals surface area contributed by atoms with Crippen LogP contribution in [0.15, 0.2) is 42.5 Å². The Morgan fingerprint density at radius 3 is 2.34 bits per heavy atom. The minimum Gasteiger partial charge on any atom is -0.490 e. The van der Waals surface area contributed by atoms with Crippen LogP contribution >= 0.6 is 0 Å². The number of anilines is 1. The molecule has 2 aromatic rings. The minimum atomic E-state index is -3.45. The van der Waals surface area contributed by atoms with Gasteiger partial charge in [0.2, 0.25) is 15.9 Å². The van der Waals surface area contributed by atoms with Crippen molar-refractivity contribution in [2.45, 2.75) is 46.6 Å². The average molecular weight is 463 g/mol. The minimum absolute atomic E-state index is 0.137. The number of benzene rings is 2. The number of nitrogens with zero attached hydrogens (tertiary/aromatic N) is 1. The molecule has 0 aliphatic heterocycles. The molecule has 176 valence electrons. The highest BCUT2D eigenvalue weighted by Gasteiger charge is 2.19. The molecule has 2 aromatic carbocycles. The standard InChI is InChI=1S/C24H34N2O5S/c1-6-30-22-15-14-20(17-23(22)31-7-2)19(4)25-24(27)13-10-16-26(32(5,28)29)21-12-9-8-11-18(21)3/h8-9,11-12,14-15,17,19H,6-7,10,13,16H2,1-5H3,(H,25,27)/t19-/m1/s1. The number of rotatable bonds is 12. The van der Waals surface area contributed by atoms with Crippen LogP contribution in [0, 0.1) is 6.92 Å². The number of nitrogens with one attached hydrogen (secondary N) is 1. The summed E-state index contributed by atoms with van der Waals surface area (Å²) in [6, 6.07) is 12.7. The fraction of sp³-hybridized carbons (Fsp3) is 0.458. The number of carbonyl (C=O) groups excluding carboxylic acids is 1. The lowest BCUT2D eigenvalue weighted by Crippen LogP contribution is -2.33. The Bertz CT molecular complexity index is 1010. The van der Waals surface area contributed by atoms with E-state index in [1.54, 1.807) is 6.07 Å². The van der Waals surface area contributed by atoms with Gasteiger partial charge in [0.1, 0.15) is 0 Å². The van der Waals surface area contributed by atoms with Crippen LogP contribution < -0.4 is 19.1 Å². The zero-order valence-corrected chi connectivity index (χ0v) is 20.4. The van der Waals surface area contributed by atoms with Crippen molar-refractivity contribution in [2.75, 3.05) is 30.3 Å². The summed E-state index contributed by atoms with van der Waals surface area (Å²) in [6.07, 6.45) is 1.81. The van der Waals surface area contributed by atoms with E-state index in [4.69, 9.17) is 9.47 Å². The molecule has 0 bridgehead atoms. The molecule has 1 N–H and O–H groups in total. The monoisotopic (exact) mass is 462 g/mol. The Labute approximate surface area is 191 Å². The predicted molar refractivity (Wildman–Crippen MR) is 128 cm³/mol. The van der Waals surface area contributed by atoms with E-state index in [-0.39, 0.29) is 24.9 Å². The van der Waals surface area contributed by atoms with Crippen LogP contribution in [0.2, 0.25) is 0 Å². The molecule has 32 heavy (non-hydrogen) atoms. The topological polar surface area (TPSA) is 84.9 Å². The van der Waals surface area contributed by atoms with E-state index in [0.717, 1.165) is 11.1 Å². The van der Waals surface area contributed by atoms with Gasteiger partial charge in [-0.3, -0.25) is 9.10 Å². The second-order valence-corrected chi connectivity index (χ2v) is 9.49. The average Bonchev–Trinajstić information content (AvgIpc) is 2.72. The van der Waals surface area contributed by atoms with Crippen molar-refractivity contribution in [3.05, 3.63) is 53.6 Å². The number of ether oxygens (including phenoxy) is 2. The molecule has 8 heteroatoms. The first kappa shape index (κ1) is 25.5. The molecule has 0 fully saturated rings. The number of hydrogen-bond acceptors (Lipinski definition) is 5. The molecule has 0 radical (unpaired) electrons. The van der Waals surface area contributed by atoms with E-state index >= 15 is 0 Å². The van der Waals surface area contributed by atoms with E-state index in [2.05, 4.69) is 5.32 Å². The van der Waals surface area contributed by atoms with Crippen LogP contribution in [0.1, 0.15) is 50.8 Å². The van der Waals surface area contributed by atoms with Crippen LogP contribution in [0.5, 0.6) is 11.5 Å². The van der Waals surface area contributed by atoms with Gasteiger partial charge in [-0.1, -0.05) is 24.3 Å². The molecule has 7 nitrogen and oxygen atoms in total. The number of amides is 1. The molecule has 0 spiro atoms. The number of aryl methyl sites for hydroxylation is 1. The largest absolute Gasteiger partial charge is 0.490 e. The fourth-order valence-electron chi connectivity index (χ4n) is 3.43. The highest BCUT2D eigenvalue weighted by Crippen LogP contribution is 2.31. The quantitative estimate of drug-likeness (QED) is 0.511. The van der Waals surface area contributed by atoms with Gasteiger partial charge < -0.3 is 14.8 Å². The van der Waals surface area contributed by atoms with Gasteiger partial charge in [0.15, 0.2) is 11.5 Å². The number of sulfonamides is 1. The molecule has 0 aliphatic rings. The van der Waals surface area contributed by atoms with Crippen LogP contribution in [0.25, 0.3) is 0 Å². The summed E-state index contributed by atoms with van der Waals surface area (Å²) < 4.78 is 37.2. The van der Waals surface area contributed by atoms with Gasteiger partial charge >= 0.3 is 0 Å². The van der Waals surface area contributed by atoms with Crippen molar-refractivity contribution in [1.82, 2.24) is 5.32 Å². The molecule has 0 unspecified atom stereocenters. The molecule has 0 saturated carbocycles. The molecule has 1 amide bonds. The zero-order valence-electron chi connectivity index (χ0n) is 19.6. The lowest BCUT2D eigenvalue weighted by Gasteiger charge is -2.24. The van der Waals surface area contributed by atoms with Crippen LogP contribution in [-0.4, -0.2) is 40.3 Å². The second-order valence-electron chi connectivity index (χ2n) is 7.59. The molecule has 0 aromatic heterocycles. The van der Waals surface area contributed by atoms with Crippen LogP contribution in [-0.2, 0) is 14.8 Å². The van der Waals surface area contributed by atoms with Crippen molar-refractivity contribution in [2.24, 2.45) is 0 Å². The number of hydrogen-bond donors (Lipinski definition) is 1. The summed E-state index contributed by atoms with van der Waals surface area (Å²) in [6.45, 7) is 8.89. The van der Waals surface area contributed by atoms with Gasteiger partial charge in [-0.05, 0) is 63.4 Å². The summed E-state index contributed by atoms with van der Waals surface area (Å²) in [4.78, 5) is 12.5. The van der Waals surface area contributed by atoms with Gasteiger partial charge in [-0.2, -0.15) is 0 Å². The first-order valence-electron chi connectivity index (χ1n) is 10.9. The first-order chi connectivity index (χ1) is 15.2. The number of carbonyl (C=O) groups is 1. The highest BCUT2D eigenvalue weighted by molar-refractivity contribution is 7.92. The van der Waals surface area contributed by atoms with E-state index in [1.165, 1.54) is 10.6 Å². The van der Waals surface area contributed by atoms with Gasteiger partial charge in [-0.25, -0.2) is 8.42 Å². The van der Waals surface area contributed by atoms with Crippen LogP contribution in [0.3, 0.4) is 0 Å². The molecule has 0 aliphatic carbocycles. The van der Waals surface area contributed by atoms with Crippen molar-refractivity contribution < 1.29 is 22.7 Å². The number of para-hydroxylation sites is 1. The lowest BCUT2D eigenvalue weighted by molar-refractivity contribution is -0.121. The van der Waals surface area contributed by atoms with Gasteiger partial charge in [0.05, 0.1) is 31.2 Å². The second kappa shape index (κ2) is 11.8. The zero-order chi connectivity index (χ0) is 23.7. The first-order valence-corrected chi connectivity index (χ1v) is 12.7. The fourth-order valence-corrected chi connectivity index (χ4v) is 4.45. The van der Waals surface area contributed by atoms with E-state index in [1.807, 2.05) is 64.1 Å². The lowest BCUT2D eigenvalue weighted by atomic mass is 10.1. The Morgan fingerprint density at radius 2 is 1.72 bits per heavy atom. The molecule has 0 heterocycles. The van der Waals surface area contributed by atoms with E-state index in [9.17, 15) is 13.2 Å². The van der Waals surface area contributed by atoms with Gasteiger partial charge in [0, 0.05) is 13.0 Å². The third kappa shape index (κ3) is 7.15. The van der Waals surface area contributed by atoms with Gasteiger partial charge in [-0.15, -0.1) is 0 Å². The normalized spacial score (nSPS) is 12.2. The molecular formula is C24H34N2O5S. The van der Waals surface area contributed by atoms with Crippen molar-refractivity contribution in [3.8, 4) is 11.5 Å². The SMILES string of the molecule is CCOc1ccc([C@@H](C)NC(=O)CCCN(c2ccccc2C)S(C)(=O)=O)cc1OCC. The summed E-state index contributed by atoms with van der Waals surface area (Å²) >= 11 is 0. The molecular weight excluding hydrogens is 428 g/mol. The van der Waals surface area contributed by atoms with Crippen LogP contribution in [0.4, 0.5) is 5.69 Å². The summed E-state index contributed by atoms with van der Waals surface area (Å²) in [5, 5.41) is 2.98. The Balaban J connectivity index is 1.98. The Kier molecular flexibility index (Phi) is 9.38. The molecule has 1 atom stereocenters. The smallest absolute Gasteiger partial charge is 0.232 e. The maximum atomic E-state index is 12.5. The van der Waals surface area contributed by atoms with E-state index in [0.29, 0.717) is 36.8 Å². The van der Waals surface area contributed by atoms with Crippen molar-refractivity contribution in [1.29, 1.82) is 0 Å². The highest BCUT2D eigenvalue weighted by atomic mass is 32.2. The van der Waals surface area contributed by atoms with Gasteiger partial charge in [0.25, 0.3) is 0 Å². The van der Waals surface area contributed by atoms with E-state index < -0.39 is 10.0 Å². The Morgan fingerprint density at radius 1 is 1.06 bits per heavy atom. The molecule has 0 saturated heterocycles. The maximum absolute atomic E-state index is 12.5. The maximum Gasteiger partial charge on any atom is 0.232 e. The van der Waals surface area contributed by atoms with Crippen molar-refractivity contribution in [3.63, 3.8) is 0 Å². The summed E-state index contributed by atoms with van der Waals surface area (Å²) in [7, 11) is -3.45.